The molecule has 5 heteroatoms. The van der Waals surface area contributed by atoms with Crippen LogP contribution in [0.3, 0.4) is 0 Å². The van der Waals surface area contributed by atoms with Crippen LogP contribution >= 0.6 is 0 Å². The van der Waals surface area contributed by atoms with Crippen molar-refractivity contribution in [2.75, 3.05) is 18.6 Å². The van der Waals surface area contributed by atoms with Gasteiger partial charge in [-0.05, 0) is 30.7 Å². The van der Waals surface area contributed by atoms with Crippen LogP contribution in [0.15, 0.2) is 66.4 Å². The van der Waals surface area contributed by atoms with Gasteiger partial charge in [-0.3, -0.25) is 4.79 Å². The van der Waals surface area contributed by atoms with Crippen molar-refractivity contribution in [2.24, 2.45) is 0 Å². The van der Waals surface area contributed by atoms with Crippen LogP contribution in [0.4, 0.5) is 5.69 Å². The zero-order chi connectivity index (χ0) is 20.3. The number of benzene rings is 2. The fourth-order valence-electron chi connectivity index (χ4n) is 3.46. The summed E-state index contributed by atoms with van der Waals surface area (Å²) in [4.78, 5) is 26.6. The molecule has 1 unspecified atom stereocenters. The molecular formula is C23H25NO4. The Bertz CT molecular complexity index is 902. The normalized spacial score (nSPS) is 17.1. The van der Waals surface area contributed by atoms with E-state index in [1.807, 2.05) is 48.3 Å². The van der Waals surface area contributed by atoms with Gasteiger partial charge in [0.1, 0.15) is 5.75 Å². The first-order valence-corrected chi connectivity index (χ1v) is 9.27. The smallest absolute Gasteiger partial charge is 0.347 e. The summed E-state index contributed by atoms with van der Waals surface area (Å²) in [6, 6.07) is 17.1. The van der Waals surface area contributed by atoms with Crippen molar-refractivity contribution >= 4 is 17.4 Å². The maximum Gasteiger partial charge on any atom is 0.347 e. The summed E-state index contributed by atoms with van der Waals surface area (Å²) in [6.45, 7) is 5.44. The molecule has 0 N–H and O–H groups in total. The summed E-state index contributed by atoms with van der Waals surface area (Å²) in [5.74, 6) is -0.256. The Balaban J connectivity index is 1.62. The number of likely N-dealkylation sites (N-methyl/N-ethyl adjacent to an activating group) is 1. The van der Waals surface area contributed by atoms with Gasteiger partial charge in [-0.15, -0.1) is 0 Å². The second-order valence-corrected chi connectivity index (χ2v) is 7.38. The SMILES string of the molecule is CC(Oc1ccccc1)C(=O)OCC(=O)C=C1N(C)c2ccccc2C1(C)C. The van der Waals surface area contributed by atoms with Gasteiger partial charge in [-0.25, -0.2) is 4.79 Å². The number of hydrogen-bond acceptors (Lipinski definition) is 5. The number of ketones is 1. The van der Waals surface area contributed by atoms with Crippen molar-refractivity contribution in [3.05, 3.63) is 71.9 Å². The topological polar surface area (TPSA) is 55.8 Å². The molecule has 0 fully saturated rings. The van der Waals surface area contributed by atoms with Crippen molar-refractivity contribution in [2.45, 2.75) is 32.3 Å². The molecule has 1 atom stereocenters. The quantitative estimate of drug-likeness (QED) is 0.563. The van der Waals surface area contributed by atoms with Gasteiger partial charge in [0.15, 0.2) is 18.5 Å². The number of allylic oxidation sites excluding steroid dienone is 1. The fourth-order valence-corrected chi connectivity index (χ4v) is 3.46. The second-order valence-electron chi connectivity index (χ2n) is 7.38. The maximum absolute atomic E-state index is 12.4. The Labute approximate surface area is 165 Å². The molecular weight excluding hydrogens is 354 g/mol. The number of rotatable bonds is 6. The number of carbonyl (C=O) groups excluding carboxylic acids is 2. The standard InChI is InChI=1S/C23H25NO4/c1-16(28-18-10-6-5-7-11-18)22(26)27-15-17(25)14-21-23(2,3)19-12-8-9-13-20(19)24(21)4/h5-14,16H,15H2,1-4H3. The maximum atomic E-state index is 12.4. The molecule has 0 radical (unpaired) electrons. The molecule has 0 saturated heterocycles. The van der Waals surface area contributed by atoms with Crippen molar-refractivity contribution in [3.63, 3.8) is 0 Å². The number of esters is 1. The fraction of sp³-hybridized carbons (Fsp3) is 0.304. The van der Waals surface area contributed by atoms with E-state index in [0.717, 1.165) is 11.4 Å². The van der Waals surface area contributed by atoms with Gasteiger partial charge in [0.25, 0.3) is 0 Å². The second kappa shape index (κ2) is 7.89. The summed E-state index contributed by atoms with van der Waals surface area (Å²) in [5, 5.41) is 0. The van der Waals surface area contributed by atoms with E-state index < -0.39 is 12.1 Å². The molecule has 1 heterocycles. The molecule has 0 amide bonds. The third-order valence-electron chi connectivity index (χ3n) is 4.98. The monoisotopic (exact) mass is 379 g/mol. The first-order chi connectivity index (χ1) is 13.3. The van der Waals surface area contributed by atoms with Gasteiger partial charge < -0.3 is 14.4 Å². The molecule has 0 aromatic heterocycles. The molecule has 0 aliphatic carbocycles. The lowest BCUT2D eigenvalue weighted by atomic mass is 9.83. The molecule has 0 bridgehead atoms. The van der Waals surface area contributed by atoms with E-state index in [0.29, 0.717) is 5.75 Å². The zero-order valence-corrected chi connectivity index (χ0v) is 16.6. The average molecular weight is 379 g/mol. The first kappa shape index (κ1) is 19.7. The van der Waals surface area contributed by atoms with Gasteiger partial charge >= 0.3 is 5.97 Å². The lowest BCUT2D eigenvalue weighted by molar-refractivity contribution is -0.153. The molecule has 3 rings (SSSR count). The predicted molar refractivity (Wildman–Crippen MR) is 108 cm³/mol. The first-order valence-electron chi connectivity index (χ1n) is 9.27. The highest BCUT2D eigenvalue weighted by atomic mass is 16.6. The third kappa shape index (κ3) is 3.93. The van der Waals surface area contributed by atoms with Crippen molar-refractivity contribution in [1.29, 1.82) is 0 Å². The van der Waals surface area contributed by atoms with Crippen LogP contribution in [-0.4, -0.2) is 31.5 Å². The number of para-hydroxylation sites is 2. The Morgan fingerprint density at radius 3 is 2.39 bits per heavy atom. The van der Waals surface area contributed by atoms with E-state index >= 15 is 0 Å². The van der Waals surface area contributed by atoms with Gasteiger partial charge in [0.2, 0.25) is 0 Å². The van der Waals surface area contributed by atoms with E-state index in [1.54, 1.807) is 25.1 Å². The van der Waals surface area contributed by atoms with Crippen LogP contribution < -0.4 is 9.64 Å². The predicted octanol–water partition coefficient (Wildman–Crippen LogP) is 3.88. The van der Waals surface area contributed by atoms with E-state index in [-0.39, 0.29) is 17.8 Å². The minimum Gasteiger partial charge on any atom is -0.479 e. The minimum atomic E-state index is -0.794. The summed E-state index contributed by atoms with van der Waals surface area (Å²) < 4.78 is 10.7. The largest absolute Gasteiger partial charge is 0.479 e. The highest BCUT2D eigenvalue weighted by Gasteiger charge is 2.38. The molecule has 5 nitrogen and oxygen atoms in total. The number of fused-ring (bicyclic) bond motifs is 1. The minimum absolute atomic E-state index is 0.261. The average Bonchev–Trinajstić information content (AvgIpc) is 2.88. The van der Waals surface area contributed by atoms with Gasteiger partial charge in [-0.2, -0.15) is 0 Å². The number of anilines is 1. The molecule has 0 spiro atoms. The molecule has 146 valence electrons. The number of hydrogen-bond donors (Lipinski definition) is 0. The van der Waals surface area contributed by atoms with Crippen molar-refractivity contribution in [1.82, 2.24) is 0 Å². The molecule has 2 aromatic rings. The highest BCUT2D eigenvalue weighted by molar-refractivity contribution is 5.94. The lowest BCUT2D eigenvalue weighted by Crippen LogP contribution is -2.29. The van der Waals surface area contributed by atoms with E-state index in [1.165, 1.54) is 5.56 Å². The summed E-state index contributed by atoms with van der Waals surface area (Å²) >= 11 is 0. The zero-order valence-electron chi connectivity index (χ0n) is 16.6. The molecule has 1 aliphatic rings. The van der Waals surface area contributed by atoms with Crippen LogP contribution in [0.5, 0.6) is 5.75 Å². The molecule has 2 aromatic carbocycles. The lowest BCUT2D eigenvalue weighted by Gasteiger charge is -2.24. The molecule has 28 heavy (non-hydrogen) atoms. The van der Waals surface area contributed by atoms with Crippen LogP contribution in [0.25, 0.3) is 0 Å². The number of nitrogens with zero attached hydrogens (tertiary/aromatic N) is 1. The Kier molecular flexibility index (Phi) is 5.54. The van der Waals surface area contributed by atoms with Gasteiger partial charge in [-0.1, -0.05) is 50.2 Å². The van der Waals surface area contributed by atoms with Crippen LogP contribution in [0.2, 0.25) is 0 Å². The van der Waals surface area contributed by atoms with Crippen LogP contribution in [0.1, 0.15) is 26.3 Å². The van der Waals surface area contributed by atoms with E-state index in [2.05, 4.69) is 19.9 Å². The highest BCUT2D eigenvalue weighted by Crippen LogP contribution is 2.46. The van der Waals surface area contributed by atoms with E-state index in [4.69, 9.17) is 9.47 Å². The Morgan fingerprint density at radius 1 is 1.07 bits per heavy atom. The summed E-state index contributed by atoms with van der Waals surface area (Å²) in [5.41, 5.74) is 2.82. The summed E-state index contributed by atoms with van der Waals surface area (Å²) in [7, 11) is 1.94. The van der Waals surface area contributed by atoms with Gasteiger partial charge in [0.05, 0.1) is 0 Å². The van der Waals surface area contributed by atoms with Gasteiger partial charge in [0, 0.05) is 29.9 Å². The summed E-state index contributed by atoms with van der Waals surface area (Å²) in [6.07, 6.45) is 0.772. The molecule has 1 aliphatic heterocycles. The molecule has 0 saturated carbocycles. The number of carbonyl (C=O) groups is 2. The van der Waals surface area contributed by atoms with Crippen molar-refractivity contribution in [3.8, 4) is 5.75 Å². The van der Waals surface area contributed by atoms with Crippen molar-refractivity contribution < 1.29 is 19.1 Å². The van der Waals surface area contributed by atoms with Crippen LogP contribution in [0, 0.1) is 0 Å². The van der Waals surface area contributed by atoms with Crippen LogP contribution in [-0.2, 0) is 19.7 Å². The van der Waals surface area contributed by atoms with E-state index in [9.17, 15) is 9.59 Å². The Hall–Kier alpha value is -3.08. The number of ether oxygens (including phenoxy) is 2. The Morgan fingerprint density at radius 2 is 1.71 bits per heavy atom. The third-order valence-corrected chi connectivity index (χ3v) is 4.98.